The second kappa shape index (κ2) is 5.75. The lowest BCUT2D eigenvalue weighted by molar-refractivity contribution is -0.137. The van der Waals surface area contributed by atoms with Gasteiger partial charge < -0.3 is 9.88 Å². The van der Waals surface area contributed by atoms with E-state index < -0.39 is 11.7 Å². The first-order valence-corrected chi connectivity index (χ1v) is 6.33. The highest BCUT2D eigenvalue weighted by Crippen LogP contribution is 2.33. The maximum atomic E-state index is 12.6. The fraction of sp³-hybridized carbons (Fsp3) is 0.308. The molecule has 0 bridgehead atoms. The Morgan fingerprint density at radius 3 is 2.65 bits per heavy atom. The van der Waals surface area contributed by atoms with Gasteiger partial charge in [0.1, 0.15) is 5.82 Å². The zero-order valence-corrected chi connectivity index (χ0v) is 11.5. The molecule has 0 saturated heterocycles. The van der Waals surface area contributed by atoms with Crippen LogP contribution in [0.15, 0.2) is 30.6 Å². The summed E-state index contributed by atoms with van der Waals surface area (Å²) in [6.45, 7) is 2.95. The number of nitrogens with one attached hydrogen (secondary N) is 1. The van der Waals surface area contributed by atoms with Gasteiger partial charge in [-0.15, -0.1) is 0 Å². The third kappa shape index (κ3) is 3.66. The van der Waals surface area contributed by atoms with Gasteiger partial charge in [0.15, 0.2) is 0 Å². The number of imidazole rings is 1. The van der Waals surface area contributed by atoms with Crippen molar-refractivity contribution in [2.45, 2.75) is 19.6 Å². The molecule has 0 fully saturated rings. The average Bonchev–Trinajstić information content (AvgIpc) is 2.73. The summed E-state index contributed by atoms with van der Waals surface area (Å²) < 4.78 is 39.8. The smallest absolute Gasteiger partial charge is 0.383 e. The van der Waals surface area contributed by atoms with Gasteiger partial charge in [-0.05, 0) is 25.1 Å². The Bertz CT molecular complexity index is 593. The normalized spacial score (nSPS) is 11.7. The van der Waals surface area contributed by atoms with E-state index in [4.69, 9.17) is 11.6 Å². The summed E-state index contributed by atoms with van der Waals surface area (Å²) in [6.07, 6.45) is -0.908. The molecule has 0 atom stereocenters. The standard InChI is InChI=1S/C13H13ClF3N3/c1-9-18-2-4-20(9)5-3-19-12-7-10(13(15,16)17)6-11(14)8-12/h2,4,6-8,19H,3,5H2,1H3. The number of anilines is 1. The zero-order valence-electron chi connectivity index (χ0n) is 10.7. The second-order valence-electron chi connectivity index (χ2n) is 4.32. The lowest BCUT2D eigenvalue weighted by Crippen LogP contribution is -2.12. The van der Waals surface area contributed by atoms with Crippen LogP contribution in [0, 0.1) is 6.92 Å². The third-order valence-electron chi connectivity index (χ3n) is 2.83. The maximum Gasteiger partial charge on any atom is 0.416 e. The Morgan fingerprint density at radius 2 is 2.05 bits per heavy atom. The number of rotatable bonds is 4. The topological polar surface area (TPSA) is 29.9 Å². The van der Waals surface area contributed by atoms with Crippen LogP contribution in [0.4, 0.5) is 18.9 Å². The van der Waals surface area contributed by atoms with Crippen LogP contribution in [0.5, 0.6) is 0 Å². The summed E-state index contributed by atoms with van der Waals surface area (Å²) >= 11 is 5.70. The molecular formula is C13H13ClF3N3. The van der Waals surface area contributed by atoms with E-state index in [1.807, 2.05) is 17.7 Å². The first-order chi connectivity index (χ1) is 9.36. The minimum atomic E-state index is -4.40. The highest BCUT2D eigenvalue weighted by Gasteiger charge is 2.31. The number of aryl methyl sites for hydroxylation is 1. The van der Waals surface area contributed by atoms with Crippen molar-refractivity contribution in [3.8, 4) is 0 Å². The lowest BCUT2D eigenvalue weighted by Gasteiger charge is -2.12. The molecule has 0 saturated carbocycles. The second-order valence-corrected chi connectivity index (χ2v) is 4.76. The Morgan fingerprint density at radius 1 is 1.30 bits per heavy atom. The number of halogens is 4. The molecule has 1 heterocycles. The van der Waals surface area contributed by atoms with Crippen LogP contribution in [0.25, 0.3) is 0 Å². The molecule has 0 radical (unpaired) electrons. The van der Waals surface area contributed by atoms with E-state index in [-0.39, 0.29) is 5.02 Å². The number of nitrogens with zero attached hydrogens (tertiary/aromatic N) is 2. The summed E-state index contributed by atoms with van der Waals surface area (Å²) in [5, 5.41) is 2.99. The first-order valence-electron chi connectivity index (χ1n) is 5.95. The molecule has 0 aliphatic heterocycles. The van der Waals surface area contributed by atoms with Crippen LogP contribution in [0.2, 0.25) is 5.02 Å². The molecule has 0 aliphatic carbocycles. The fourth-order valence-corrected chi connectivity index (χ4v) is 2.05. The summed E-state index contributed by atoms with van der Waals surface area (Å²) in [5.74, 6) is 0.855. The molecule has 7 heteroatoms. The molecule has 2 rings (SSSR count). The Balaban J connectivity index is 2.03. The van der Waals surface area contributed by atoms with Crippen LogP contribution >= 0.6 is 11.6 Å². The van der Waals surface area contributed by atoms with E-state index in [9.17, 15) is 13.2 Å². The van der Waals surface area contributed by atoms with E-state index in [0.717, 1.165) is 18.0 Å². The first kappa shape index (κ1) is 14.7. The molecule has 1 N–H and O–H groups in total. The van der Waals surface area contributed by atoms with Crippen molar-refractivity contribution in [2.24, 2.45) is 0 Å². The Kier molecular flexibility index (Phi) is 4.23. The van der Waals surface area contributed by atoms with Crippen molar-refractivity contribution in [3.05, 3.63) is 47.0 Å². The fourth-order valence-electron chi connectivity index (χ4n) is 1.82. The summed E-state index contributed by atoms with van der Waals surface area (Å²) in [5.41, 5.74) is -0.408. The van der Waals surface area contributed by atoms with Gasteiger partial charge in [-0.3, -0.25) is 0 Å². The number of benzene rings is 1. The van der Waals surface area contributed by atoms with E-state index in [1.54, 1.807) is 6.20 Å². The Hall–Kier alpha value is -1.69. The van der Waals surface area contributed by atoms with Crippen molar-refractivity contribution in [1.82, 2.24) is 9.55 Å². The molecule has 0 spiro atoms. The minimum Gasteiger partial charge on any atom is -0.383 e. The molecule has 0 amide bonds. The molecular weight excluding hydrogens is 291 g/mol. The molecule has 0 unspecified atom stereocenters. The number of hydrogen-bond donors (Lipinski definition) is 1. The highest BCUT2D eigenvalue weighted by molar-refractivity contribution is 6.30. The summed E-state index contributed by atoms with van der Waals surface area (Å²) in [6, 6.07) is 3.43. The van der Waals surface area contributed by atoms with Gasteiger partial charge in [-0.1, -0.05) is 11.6 Å². The molecule has 108 valence electrons. The van der Waals surface area contributed by atoms with E-state index >= 15 is 0 Å². The van der Waals surface area contributed by atoms with Crippen LogP contribution in [-0.2, 0) is 12.7 Å². The highest BCUT2D eigenvalue weighted by atomic mass is 35.5. The van der Waals surface area contributed by atoms with Crippen molar-refractivity contribution >= 4 is 17.3 Å². The van der Waals surface area contributed by atoms with Crippen LogP contribution in [0.3, 0.4) is 0 Å². The average molecular weight is 304 g/mol. The van der Waals surface area contributed by atoms with Gasteiger partial charge in [-0.25, -0.2) is 4.98 Å². The van der Waals surface area contributed by atoms with E-state index in [1.165, 1.54) is 6.07 Å². The van der Waals surface area contributed by atoms with Crippen molar-refractivity contribution in [1.29, 1.82) is 0 Å². The van der Waals surface area contributed by atoms with Gasteiger partial charge in [0.2, 0.25) is 0 Å². The third-order valence-corrected chi connectivity index (χ3v) is 3.05. The van der Waals surface area contributed by atoms with Crippen LogP contribution < -0.4 is 5.32 Å². The van der Waals surface area contributed by atoms with Crippen molar-refractivity contribution < 1.29 is 13.2 Å². The zero-order chi connectivity index (χ0) is 14.8. The van der Waals surface area contributed by atoms with Crippen molar-refractivity contribution in [3.63, 3.8) is 0 Å². The molecule has 2 aromatic rings. The summed E-state index contributed by atoms with van der Waals surface area (Å²) in [4.78, 5) is 4.07. The predicted molar refractivity (Wildman–Crippen MR) is 71.9 cm³/mol. The minimum absolute atomic E-state index is 0.0566. The lowest BCUT2D eigenvalue weighted by atomic mass is 10.2. The van der Waals surface area contributed by atoms with Gasteiger partial charge in [0, 0.05) is 36.2 Å². The molecule has 3 nitrogen and oxygen atoms in total. The largest absolute Gasteiger partial charge is 0.416 e. The molecule has 20 heavy (non-hydrogen) atoms. The quantitative estimate of drug-likeness (QED) is 0.926. The van der Waals surface area contributed by atoms with E-state index in [2.05, 4.69) is 10.3 Å². The Labute approximate surface area is 119 Å². The van der Waals surface area contributed by atoms with Gasteiger partial charge in [0.25, 0.3) is 0 Å². The van der Waals surface area contributed by atoms with Crippen molar-refractivity contribution in [2.75, 3.05) is 11.9 Å². The number of hydrogen-bond acceptors (Lipinski definition) is 2. The van der Waals surface area contributed by atoms with Gasteiger partial charge in [-0.2, -0.15) is 13.2 Å². The molecule has 1 aromatic carbocycles. The number of aromatic nitrogens is 2. The maximum absolute atomic E-state index is 12.6. The monoisotopic (exact) mass is 303 g/mol. The number of alkyl halides is 3. The van der Waals surface area contributed by atoms with Gasteiger partial charge >= 0.3 is 6.18 Å². The van der Waals surface area contributed by atoms with Crippen LogP contribution in [-0.4, -0.2) is 16.1 Å². The summed E-state index contributed by atoms with van der Waals surface area (Å²) in [7, 11) is 0. The SMILES string of the molecule is Cc1nccn1CCNc1cc(Cl)cc(C(F)(F)F)c1. The van der Waals surface area contributed by atoms with Gasteiger partial charge in [0.05, 0.1) is 5.56 Å². The van der Waals surface area contributed by atoms with Crippen LogP contribution in [0.1, 0.15) is 11.4 Å². The van der Waals surface area contributed by atoms with E-state index in [0.29, 0.717) is 18.8 Å². The molecule has 1 aromatic heterocycles. The molecule has 0 aliphatic rings. The predicted octanol–water partition coefficient (Wildman–Crippen LogP) is 3.98.